The zero-order valence-corrected chi connectivity index (χ0v) is 16.4. The van der Waals surface area contributed by atoms with Crippen molar-refractivity contribution in [1.82, 2.24) is 0 Å². The second kappa shape index (κ2) is 8.43. The second-order valence-electron chi connectivity index (χ2n) is 6.19. The van der Waals surface area contributed by atoms with Crippen molar-refractivity contribution in [3.05, 3.63) is 75.8 Å². The molecule has 3 rings (SSSR count). The van der Waals surface area contributed by atoms with E-state index in [0.29, 0.717) is 28.0 Å². The van der Waals surface area contributed by atoms with Gasteiger partial charge in [0.2, 0.25) is 5.91 Å². The maximum Gasteiger partial charge on any atom is 0.307 e. The fourth-order valence-corrected chi connectivity index (χ4v) is 3.36. The number of aromatic hydroxyl groups is 1. The van der Waals surface area contributed by atoms with Crippen molar-refractivity contribution >= 4 is 35.1 Å². The molecule has 0 aliphatic rings. The lowest BCUT2D eigenvalue weighted by molar-refractivity contribution is -0.136. The normalized spacial score (nSPS) is 10.6. The number of aliphatic carboxylic acids is 1. The molecule has 148 valence electrons. The first-order valence-corrected chi connectivity index (χ1v) is 9.11. The van der Waals surface area contributed by atoms with Gasteiger partial charge in [-0.25, -0.2) is 0 Å². The number of carbonyl (C=O) groups is 2. The molecule has 0 spiro atoms. The van der Waals surface area contributed by atoms with Crippen LogP contribution in [-0.2, 0) is 11.2 Å². The van der Waals surface area contributed by atoms with Crippen molar-refractivity contribution in [2.24, 2.45) is 5.73 Å². The number of phenolic OH excluding ortho intramolecular Hbond substituents is 1. The Kier molecular flexibility index (Phi) is 5.96. The summed E-state index contributed by atoms with van der Waals surface area (Å²) in [7, 11) is 0. The first kappa shape index (κ1) is 20.5. The standard InChI is InChI=1S/C21H15Cl2NO5/c22-16-6-11(8-19(26)27)7-17(23)20(16)29-14-4-5-18(25)15(10-14)12-2-1-3-13(9-12)21(24)28/h1-7,9-10,25H,8H2,(H2,24,28)(H,26,27). The summed E-state index contributed by atoms with van der Waals surface area (Å²) >= 11 is 12.4. The summed E-state index contributed by atoms with van der Waals surface area (Å²) in [6.07, 6.45) is -0.223. The minimum absolute atomic E-state index is 0.0204. The molecule has 0 aliphatic heterocycles. The summed E-state index contributed by atoms with van der Waals surface area (Å²) in [5, 5.41) is 19.4. The molecule has 3 aromatic rings. The Morgan fingerprint density at radius 3 is 2.31 bits per heavy atom. The number of nitrogens with two attached hydrogens (primary N) is 1. The molecule has 0 atom stereocenters. The number of amides is 1. The van der Waals surface area contributed by atoms with Gasteiger partial charge in [0.05, 0.1) is 16.5 Å². The maximum absolute atomic E-state index is 11.4. The molecule has 29 heavy (non-hydrogen) atoms. The minimum Gasteiger partial charge on any atom is -0.507 e. The lowest BCUT2D eigenvalue weighted by Gasteiger charge is -2.13. The summed E-state index contributed by atoms with van der Waals surface area (Å²) < 4.78 is 5.78. The van der Waals surface area contributed by atoms with Crippen LogP contribution < -0.4 is 10.5 Å². The highest BCUT2D eigenvalue weighted by Crippen LogP contribution is 2.40. The van der Waals surface area contributed by atoms with E-state index in [4.69, 9.17) is 38.8 Å². The van der Waals surface area contributed by atoms with E-state index in [1.807, 2.05) is 0 Å². The quantitative estimate of drug-likeness (QED) is 0.514. The van der Waals surface area contributed by atoms with Crippen LogP contribution in [0.15, 0.2) is 54.6 Å². The number of carboxylic acid groups (broad SMARTS) is 1. The summed E-state index contributed by atoms with van der Waals surface area (Å²) in [6, 6.07) is 13.9. The monoisotopic (exact) mass is 431 g/mol. The average Bonchev–Trinajstić information content (AvgIpc) is 2.65. The van der Waals surface area contributed by atoms with Crippen LogP contribution in [0.4, 0.5) is 0 Å². The first-order chi connectivity index (χ1) is 13.7. The van der Waals surface area contributed by atoms with Gasteiger partial charge in [0.25, 0.3) is 0 Å². The number of ether oxygens (including phenoxy) is 1. The highest BCUT2D eigenvalue weighted by atomic mass is 35.5. The van der Waals surface area contributed by atoms with Gasteiger partial charge in [0.15, 0.2) is 5.75 Å². The molecule has 1 amide bonds. The SMILES string of the molecule is NC(=O)c1cccc(-c2cc(Oc3c(Cl)cc(CC(=O)O)cc3Cl)ccc2O)c1. The van der Waals surface area contributed by atoms with Gasteiger partial charge < -0.3 is 20.7 Å². The molecule has 0 aromatic heterocycles. The van der Waals surface area contributed by atoms with Gasteiger partial charge in [-0.1, -0.05) is 35.3 Å². The lowest BCUT2D eigenvalue weighted by atomic mass is 10.0. The van der Waals surface area contributed by atoms with Gasteiger partial charge in [-0.15, -0.1) is 0 Å². The molecular weight excluding hydrogens is 417 g/mol. The summed E-state index contributed by atoms with van der Waals surface area (Å²) in [4.78, 5) is 22.3. The van der Waals surface area contributed by atoms with Crippen molar-refractivity contribution < 1.29 is 24.5 Å². The number of benzene rings is 3. The van der Waals surface area contributed by atoms with Crippen LogP contribution in [0.3, 0.4) is 0 Å². The van der Waals surface area contributed by atoms with Crippen LogP contribution in [-0.4, -0.2) is 22.1 Å². The third kappa shape index (κ3) is 4.80. The number of hydrogen-bond donors (Lipinski definition) is 3. The van der Waals surface area contributed by atoms with E-state index in [9.17, 15) is 14.7 Å². The average molecular weight is 432 g/mol. The van der Waals surface area contributed by atoms with E-state index in [-0.39, 0.29) is 28.0 Å². The molecule has 0 unspecified atom stereocenters. The van der Waals surface area contributed by atoms with Gasteiger partial charge in [-0.3, -0.25) is 9.59 Å². The van der Waals surface area contributed by atoms with E-state index in [2.05, 4.69) is 0 Å². The molecule has 6 nitrogen and oxygen atoms in total. The number of halogens is 2. The zero-order valence-electron chi connectivity index (χ0n) is 14.9. The topological polar surface area (TPSA) is 110 Å². The predicted molar refractivity (Wildman–Crippen MR) is 110 cm³/mol. The van der Waals surface area contributed by atoms with Gasteiger partial charge >= 0.3 is 5.97 Å². The number of primary amides is 1. The molecule has 3 aromatic carbocycles. The third-order valence-electron chi connectivity index (χ3n) is 4.06. The molecular formula is C21H15Cl2NO5. The highest BCUT2D eigenvalue weighted by molar-refractivity contribution is 6.37. The molecule has 4 N–H and O–H groups in total. The zero-order chi connectivity index (χ0) is 21.1. The third-order valence-corrected chi connectivity index (χ3v) is 4.62. The molecule has 0 aliphatic carbocycles. The van der Waals surface area contributed by atoms with Crippen molar-refractivity contribution in [1.29, 1.82) is 0 Å². The van der Waals surface area contributed by atoms with Crippen LogP contribution in [0.5, 0.6) is 17.2 Å². The van der Waals surface area contributed by atoms with Gasteiger partial charge in [-0.05, 0) is 53.6 Å². The smallest absolute Gasteiger partial charge is 0.307 e. The molecule has 0 fully saturated rings. The van der Waals surface area contributed by atoms with E-state index in [0.717, 1.165) is 0 Å². The largest absolute Gasteiger partial charge is 0.507 e. The summed E-state index contributed by atoms with van der Waals surface area (Å²) in [5.74, 6) is -1.12. The Morgan fingerprint density at radius 1 is 1.00 bits per heavy atom. The van der Waals surface area contributed by atoms with Crippen molar-refractivity contribution in [3.63, 3.8) is 0 Å². The second-order valence-corrected chi connectivity index (χ2v) is 7.00. The van der Waals surface area contributed by atoms with Gasteiger partial charge in [0, 0.05) is 11.1 Å². The fourth-order valence-electron chi connectivity index (χ4n) is 2.75. The Morgan fingerprint density at radius 2 is 1.69 bits per heavy atom. The highest BCUT2D eigenvalue weighted by Gasteiger charge is 2.14. The Bertz CT molecular complexity index is 1090. The molecule has 0 heterocycles. The van der Waals surface area contributed by atoms with E-state index in [1.54, 1.807) is 30.3 Å². The van der Waals surface area contributed by atoms with Crippen LogP contribution in [0.1, 0.15) is 15.9 Å². The van der Waals surface area contributed by atoms with Crippen LogP contribution >= 0.6 is 23.2 Å². The van der Waals surface area contributed by atoms with Crippen LogP contribution in [0.25, 0.3) is 11.1 Å². The first-order valence-electron chi connectivity index (χ1n) is 8.35. The molecule has 0 saturated heterocycles. The van der Waals surface area contributed by atoms with Crippen LogP contribution in [0.2, 0.25) is 10.0 Å². The summed E-state index contributed by atoms with van der Waals surface area (Å²) in [6.45, 7) is 0. The molecule has 0 bridgehead atoms. The Labute approximate surface area is 176 Å². The maximum atomic E-state index is 11.4. The van der Waals surface area contributed by atoms with Crippen molar-refractivity contribution in [2.45, 2.75) is 6.42 Å². The summed E-state index contributed by atoms with van der Waals surface area (Å²) in [5.41, 5.74) is 7.04. The minimum atomic E-state index is -1.01. The van der Waals surface area contributed by atoms with E-state index in [1.165, 1.54) is 24.3 Å². The number of phenols is 1. The van der Waals surface area contributed by atoms with Gasteiger partial charge in [0.1, 0.15) is 11.5 Å². The van der Waals surface area contributed by atoms with Crippen molar-refractivity contribution in [2.75, 3.05) is 0 Å². The molecule has 0 saturated carbocycles. The van der Waals surface area contributed by atoms with Crippen LogP contribution in [0, 0.1) is 0 Å². The number of rotatable bonds is 6. The van der Waals surface area contributed by atoms with E-state index < -0.39 is 11.9 Å². The Balaban J connectivity index is 1.96. The number of carbonyl (C=O) groups excluding carboxylic acids is 1. The van der Waals surface area contributed by atoms with Gasteiger partial charge in [-0.2, -0.15) is 0 Å². The Hall–Kier alpha value is -3.22. The molecule has 8 heteroatoms. The lowest BCUT2D eigenvalue weighted by Crippen LogP contribution is -2.10. The number of hydrogen-bond acceptors (Lipinski definition) is 4. The fraction of sp³-hybridized carbons (Fsp3) is 0.0476. The predicted octanol–water partition coefficient (Wildman–Crippen LogP) is 4.88. The molecule has 0 radical (unpaired) electrons. The van der Waals surface area contributed by atoms with E-state index >= 15 is 0 Å². The number of carboxylic acids is 1. The van der Waals surface area contributed by atoms with Crippen molar-refractivity contribution in [3.8, 4) is 28.4 Å².